The first-order chi connectivity index (χ1) is 8.99. The largest absolute Gasteiger partial charge is 0.334 e. The van der Waals surface area contributed by atoms with E-state index in [1.165, 1.54) is 0 Å². The van der Waals surface area contributed by atoms with Gasteiger partial charge in [-0.1, -0.05) is 39.3 Å². The van der Waals surface area contributed by atoms with Gasteiger partial charge in [0.2, 0.25) is 0 Å². The first kappa shape index (κ1) is 15.9. The van der Waals surface area contributed by atoms with Gasteiger partial charge in [-0.3, -0.25) is 4.79 Å². The average molecular weight is 284 g/mol. The van der Waals surface area contributed by atoms with Gasteiger partial charge in [0.1, 0.15) is 0 Å². The Hall–Kier alpha value is -1.16. The number of rotatable bonds is 6. The Morgan fingerprint density at radius 1 is 1.26 bits per heavy atom. The molecule has 1 aromatic heterocycles. The van der Waals surface area contributed by atoms with Crippen LogP contribution in [-0.2, 0) is 0 Å². The van der Waals surface area contributed by atoms with Crippen LogP contribution in [0.5, 0.6) is 0 Å². The predicted molar refractivity (Wildman–Crippen MR) is 77.3 cm³/mol. The van der Waals surface area contributed by atoms with Crippen molar-refractivity contribution >= 4 is 17.5 Å². The van der Waals surface area contributed by atoms with Crippen LogP contribution in [0.1, 0.15) is 51.0 Å². The molecule has 1 amide bonds. The highest BCUT2D eigenvalue weighted by atomic mass is 35.5. The van der Waals surface area contributed by atoms with E-state index in [-0.39, 0.29) is 11.9 Å². The van der Waals surface area contributed by atoms with Crippen LogP contribution in [-0.4, -0.2) is 33.6 Å². The number of carbonyl (C=O) groups excluding carboxylic acids is 1. The average Bonchev–Trinajstić information content (AvgIpc) is 2.38. The second-order valence-electron chi connectivity index (χ2n) is 5.06. The van der Waals surface area contributed by atoms with Crippen molar-refractivity contribution in [3.8, 4) is 0 Å². The Morgan fingerprint density at radius 3 is 2.32 bits per heavy atom. The summed E-state index contributed by atoms with van der Waals surface area (Å²) in [5.41, 5.74) is 0.358. The Bertz CT molecular complexity index is 402. The van der Waals surface area contributed by atoms with E-state index in [1.807, 2.05) is 4.90 Å². The topological polar surface area (TPSA) is 46.1 Å². The summed E-state index contributed by atoms with van der Waals surface area (Å²) >= 11 is 5.70. The summed E-state index contributed by atoms with van der Waals surface area (Å²) in [6.07, 6.45) is 1.88. The van der Waals surface area contributed by atoms with Crippen molar-refractivity contribution in [3.05, 3.63) is 23.0 Å². The zero-order chi connectivity index (χ0) is 14.4. The van der Waals surface area contributed by atoms with E-state index in [9.17, 15) is 4.79 Å². The van der Waals surface area contributed by atoms with E-state index in [0.29, 0.717) is 16.8 Å². The molecule has 1 aromatic rings. The van der Waals surface area contributed by atoms with E-state index in [2.05, 4.69) is 37.9 Å². The summed E-state index contributed by atoms with van der Waals surface area (Å²) in [4.78, 5) is 14.4. The quantitative estimate of drug-likeness (QED) is 0.804. The molecule has 0 atom stereocenters. The maximum Gasteiger partial charge on any atom is 0.274 e. The van der Waals surface area contributed by atoms with E-state index in [0.717, 1.165) is 19.4 Å². The summed E-state index contributed by atoms with van der Waals surface area (Å²) in [6.45, 7) is 9.15. The van der Waals surface area contributed by atoms with Gasteiger partial charge in [-0.05, 0) is 30.9 Å². The molecule has 5 heteroatoms. The fourth-order valence-corrected chi connectivity index (χ4v) is 2.20. The summed E-state index contributed by atoms with van der Waals surface area (Å²) in [5.74, 6) is 0.358. The fraction of sp³-hybridized carbons (Fsp3) is 0.643. The molecular formula is C14H22ClN3O. The molecule has 0 aliphatic carbocycles. The van der Waals surface area contributed by atoms with Crippen molar-refractivity contribution in [2.24, 2.45) is 5.92 Å². The second kappa shape index (κ2) is 7.43. The van der Waals surface area contributed by atoms with Crippen LogP contribution in [0.3, 0.4) is 0 Å². The third kappa shape index (κ3) is 4.46. The number of carbonyl (C=O) groups is 1. The van der Waals surface area contributed by atoms with E-state index in [4.69, 9.17) is 11.6 Å². The predicted octanol–water partition coefficient (Wildman–Crippen LogP) is 3.42. The number of nitrogens with zero attached hydrogens (tertiary/aromatic N) is 3. The van der Waals surface area contributed by atoms with Gasteiger partial charge in [0.15, 0.2) is 10.8 Å². The molecule has 19 heavy (non-hydrogen) atoms. The standard InChI is InChI=1S/C14H22ClN3O/c1-5-11(6-2)18(9-10(3)4)14(19)12-7-8-13(15)17-16-12/h7-8,10-11H,5-6,9H2,1-4H3. The zero-order valence-electron chi connectivity index (χ0n) is 12.1. The summed E-state index contributed by atoms with van der Waals surface area (Å²) in [5, 5.41) is 7.93. The first-order valence-electron chi connectivity index (χ1n) is 6.79. The lowest BCUT2D eigenvalue weighted by Gasteiger charge is -2.31. The number of halogens is 1. The second-order valence-corrected chi connectivity index (χ2v) is 5.45. The number of hydrogen-bond donors (Lipinski definition) is 0. The highest BCUT2D eigenvalue weighted by Crippen LogP contribution is 2.15. The van der Waals surface area contributed by atoms with E-state index in [1.54, 1.807) is 12.1 Å². The molecule has 0 aliphatic rings. The van der Waals surface area contributed by atoms with Gasteiger partial charge in [-0.25, -0.2) is 0 Å². The molecule has 106 valence electrons. The molecule has 0 unspecified atom stereocenters. The van der Waals surface area contributed by atoms with Gasteiger partial charge in [-0.2, -0.15) is 0 Å². The number of aromatic nitrogens is 2. The fourth-order valence-electron chi connectivity index (χ4n) is 2.10. The molecule has 1 rings (SSSR count). The summed E-state index contributed by atoms with van der Waals surface area (Å²) in [7, 11) is 0. The molecule has 0 saturated heterocycles. The van der Waals surface area contributed by atoms with Gasteiger partial charge in [-0.15, -0.1) is 10.2 Å². The highest BCUT2D eigenvalue weighted by Gasteiger charge is 2.24. The van der Waals surface area contributed by atoms with E-state index < -0.39 is 0 Å². The smallest absolute Gasteiger partial charge is 0.274 e. The lowest BCUT2D eigenvalue weighted by molar-refractivity contribution is 0.0633. The summed E-state index contributed by atoms with van der Waals surface area (Å²) < 4.78 is 0. The molecule has 0 radical (unpaired) electrons. The molecule has 0 spiro atoms. The third-order valence-corrected chi connectivity index (χ3v) is 3.26. The SMILES string of the molecule is CCC(CC)N(CC(C)C)C(=O)c1ccc(Cl)nn1. The normalized spacial score (nSPS) is 11.1. The monoisotopic (exact) mass is 283 g/mol. The molecule has 0 aliphatic heterocycles. The van der Waals surface area contributed by atoms with Crippen LogP contribution < -0.4 is 0 Å². The molecule has 0 N–H and O–H groups in total. The Kier molecular flexibility index (Phi) is 6.22. The first-order valence-corrected chi connectivity index (χ1v) is 7.17. The van der Waals surface area contributed by atoms with Crippen molar-refractivity contribution in [2.75, 3.05) is 6.54 Å². The van der Waals surface area contributed by atoms with Gasteiger partial charge in [0.05, 0.1) is 0 Å². The van der Waals surface area contributed by atoms with Crippen molar-refractivity contribution in [1.82, 2.24) is 15.1 Å². The lowest BCUT2D eigenvalue weighted by atomic mass is 10.1. The molecular weight excluding hydrogens is 262 g/mol. The van der Waals surface area contributed by atoms with Crippen LogP contribution in [0.2, 0.25) is 5.15 Å². The van der Waals surface area contributed by atoms with E-state index >= 15 is 0 Å². The van der Waals surface area contributed by atoms with Crippen molar-refractivity contribution < 1.29 is 4.79 Å². The maximum absolute atomic E-state index is 12.5. The van der Waals surface area contributed by atoms with Crippen molar-refractivity contribution in [1.29, 1.82) is 0 Å². The maximum atomic E-state index is 12.5. The minimum Gasteiger partial charge on any atom is -0.334 e. The van der Waals surface area contributed by atoms with Crippen LogP contribution in [0, 0.1) is 5.92 Å². The molecule has 0 saturated carbocycles. The molecule has 4 nitrogen and oxygen atoms in total. The molecule has 0 fully saturated rings. The number of hydrogen-bond acceptors (Lipinski definition) is 3. The lowest BCUT2D eigenvalue weighted by Crippen LogP contribution is -2.42. The minimum atomic E-state index is -0.0634. The number of amides is 1. The van der Waals surface area contributed by atoms with Crippen LogP contribution in [0.15, 0.2) is 12.1 Å². The highest BCUT2D eigenvalue weighted by molar-refractivity contribution is 6.29. The third-order valence-electron chi connectivity index (χ3n) is 3.06. The molecule has 0 aromatic carbocycles. The molecule has 0 bridgehead atoms. The Morgan fingerprint density at radius 2 is 1.89 bits per heavy atom. The van der Waals surface area contributed by atoms with Gasteiger partial charge >= 0.3 is 0 Å². The van der Waals surface area contributed by atoms with Gasteiger partial charge in [0.25, 0.3) is 5.91 Å². The molecule has 1 heterocycles. The van der Waals surface area contributed by atoms with Crippen LogP contribution in [0.25, 0.3) is 0 Å². The Labute approximate surface area is 120 Å². The van der Waals surface area contributed by atoms with Gasteiger partial charge < -0.3 is 4.90 Å². The minimum absolute atomic E-state index is 0.0634. The Balaban J connectivity index is 2.96. The van der Waals surface area contributed by atoms with Crippen LogP contribution >= 0.6 is 11.6 Å². The zero-order valence-corrected chi connectivity index (χ0v) is 12.8. The van der Waals surface area contributed by atoms with Crippen molar-refractivity contribution in [2.45, 2.75) is 46.6 Å². The van der Waals surface area contributed by atoms with Gasteiger partial charge in [0, 0.05) is 12.6 Å². The summed E-state index contributed by atoms with van der Waals surface area (Å²) in [6, 6.07) is 3.47. The van der Waals surface area contributed by atoms with Crippen molar-refractivity contribution in [3.63, 3.8) is 0 Å². The van der Waals surface area contributed by atoms with Crippen LogP contribution in [0.4, 0.5) is 0 Å².